The number of benzene rings is 1. The van der Waals surface area contributed by atoms with Crippen molar-refractivity contribution in [1.82, 2.24) is 15.1 Å². The molecular weight excluding hydrogens is 365 g/mol. The SMILES string of the molecule is O=C(NCC1(C(=O)O)CCOCC1)c1nn(-c2ccccc2F)c2c1CCC2. The summed E-state index contributed by atoms with van der Waals surface area (Å²) >= 11 is 0. The molecule has 1 aliphatic carbocycles. The van der Waals surface area contributed by atoms with Crippen molar-refractivity contribution in [3.8, 4) is 5.69 Å². The van der Waals surface area contributed by atoms with Crippen molar-refractivity contribution >= 4 is 11.9 Å². The third-order valence-corrected chi connectivity index (χ3v) is 5.72. The van der Waals surface area contributed by atoms with Crippen molar-refractivity contribution in [3.05, 3.63) is 47.0 Å². The zero-order chi connectivity index (χ0) is 19.7. The van der Waals surface area contributed by atoms with Crippen molar-refractivity contribution in [2.75, 3.05) is 19.8 Å². The van der Waals surface area contributed by atoms with E-state index in [0.29, 0.717) is 38.2 Å². The molecule has 4 rings (SSSR count). The molecular formula is C20H22FN3O4. The number of ether oxygens (including phenoxy) is 1. The van der Waals surface area contributed by atoms with Crippen LogP contribution in [0.2, 0.25) is 0 Å². The zero-order valence-electron chi connectivity index (χ0n) is 15.4. The third-order valence-electron chi connectivity index (χ3n) is 5.72. The third kappa shape index (κ3) is 3.17. The first-order chi connectivity index (χ1) is 13.5. The maximum Gasteiger partial charge on any atom is 0.311 e. The van der Waals surface area contributed by atoms with Crippen molar-refractivity contribution in [3.63, 3.8) is 0 Å². The molecule has 1 amide bonds. The highest BCUT2D eigenvalue weighted by Gasteiger charge is 2.41. The van der Waals surface area contributed by atoms with Gasteiger partial charge in [0.15, 0.2) is 5.69 Å². The van der Waals surface area contributed by atoms with Gasteiger partial charge in [0.05, 0.1) is 5.41 Å². The van der Waals surface area contributed by atoms with Gasteiger partial charge in [-0.15, -0.1) is 0 Å². The normalized spacial score (nSPS) is 17.9. The van der Waals surface area contributed by atoms with Crippen LogP contribution in [0.5, 0.6) is 0 Å². The topological polar surface area (TPSA) is 93.5 Å². The number of hydrogen-bond donors (Lipinski definition) is 2. The number of aromatic nitrogens is 2. The molecule has 8 heteroatoms. The minimum atomic E-state index is -1.02. The first-order valence-electron chi connectivity index (χ1n) is 9.47. The second-order valence-electron chi connectivity index (χ2n) is 7.37. The number of halogens is 1. The van der Waals surface area contributed by atoms with Crippen molar-refractivity contribution < 1.29 is 23.8 Å². The Balaban J connectivity index is 1.59. The molecule has 28 heavy (non-hydrogen) atoms. The summed E-state index contributed by atoms with van der Waals surface area (Å²) in [6, 6.07) is 6.32. The van der Waals surface area contributed by atoms with Gasteiger partial charge in [-0.3, -0.25) is 9.59 Å². The molecule has 7 nitrogen and oxygen atoms in total. The van der Waals surface area contributed by atoms with Crippen LogP contribution in [0, 0.1) is 11.2 Å². The molecule has 0 unspecified atom stereocenters. The van der Waals surface area contributed by atoms with Gasteiger partial charge in [0.2, 0.25) is 0 Å². The minimum absolute atomic E-state index is 0.0197. The quantitative estimate of drug-likeness (QED) is 0.820. The van der Waals surface area contributed by atoms with Gasteiger partial charge in [-0.05, 0) is 44.2 Å². The fourth-order valence-corrected chi connectivity index (χ4v) is 4.00. The molecule has 0 radical (unpaired) electrons. The molecule has 2 aromatic rings. The lowest BCUT2D eigenvalue weighted by Gasteiger charge is -2.33. The van der Waals surface area contributed by atoms with Crippen LogP contribution in [0.3, 0.4) is 0 Å². The molecule has 2 heterocycles. The number of amides is 1. The van der Waals surface area contributed by atoms with Crippen LogP contribution < -0.4 is 5.32 Å². The van der Waals surface area contributed by atoms with Gasteiger partial charge in [0.1, 0.15) is 11.5 Å². The first-order valence-corrected chi connectivity index (χ1v) is 9.47. The molecule has 1 aliphatic heterocycles. The largest absolute Gasteiger partial charge is 0.481 e. The first kappa shape index (κ1) is 18.6. The lowest BCUT2D eigenvalue weighted by atomic mass is 9.80. The van der Waals surface area contributed by atoms with Gasteiger partial charge in [-0.1, -0.05) is 12.1 Å². The standard InChI is InChI=1S/C20H22FN3O4/c21-14-5-1-2-6-16(14)24-15-7-3-4-13(15)17(23-24)18(25)22-12-20(19(26)27)8-10-28-11-9-20/h1-2,5-6H,3-4,7-12H2,(H,22,25)(H,26,27). The number of carbonyl (C=O) groups excluding carboxylic acids is 1. The van der Waals surface area contributed by atoms with E-state index >= 15 is 0 Å². The molecule has 0 saturated carbocycles. The molecule has 1 aromatic heterocycles. The van der Waals surface area contributed by atoms with Gasteiger partial charge >= 0.3 is 5.97 Å². The Bertz CT molecular complexity index is 918. The van der Waals surface area contributed by atoms with Gasteiger partial charge < -0.3 is 15.2 Å². The van der Waals surface area contributed by atoms with E-state index in [-0.39, 0.29) is 12.2 Å². The number of nitrogens with zero attached hydrogens (tertiary/aromatic N) is 2. The zero-order valence-corrected chi connectivity index (χ0v) is 15.4. The Morgan fingerprint density at radius 3 is 2.71 bits per heavy atom. The summed E-state index contributed by atoms with van der Waals surface area (Å²) < 4.78 is 21.0. The van der Waals surface area contributed by atoms with Gasteiger partial charge in [-0.25, -0.2) is 9.07 Å². The predicted octanol–water partition coefficient (Wildman–Crippen LogP) is 2.11. The number of carboxylic acid groups (broad SMARTS) is 1. The predicted molar refractivity (Wildman–Crippen MR) is 98.0 cm³/mol. The summed E-state index contributed by atoms with van der Waals surface area (Å²) in [6.07, 6.45) is 3.00. The van der Waals surface area contributed by atoms with Crippen LogP contribution in [-0.4, -0.2) is 46.5 Å². The summed E-state index contributed by atoms with van der Waals surface area (Å²) in [6.45, 7) is 0.741. The number of aliphatic carboxylic acids is 1. The van der Waals surface area contributed by atoms with E-state index in [2.05, 4.69) is 10.4 Å². The molecule has 2 aliphatic rings. The van der Waals surface area contributed by atoms with E-state index in [4.69, 9.17) is 4.74 Å². The van der Waals surface area contributed by atoms with Crippen LogP contribution >= 0.6 is 0 Å². The number of carbonyl (C=O) groups is 2. The van der Waals surface area contributed by atoms with E-state index in [1.165, 1.54) is 10.7 Å². The second-order valence-corrected chi connectivity index (χ2v) is 7.37. The number of rotatable bonds is 5. The molecule has 1 saturated heterocycles. The highest BCUT2D eigenvalue weighted by molar-refractivity contribution is 5.94. The summed E-state index contributed by atoms with van der Waals surface area (Å²) in [7, 11) is 0. The van der Waals surface area contributed by atoms with E-state index in [0.717, 1.165) is 24.1 Å². The summed E-state index contributed by atoms with van der Waals surface area (Å²) in [5, 5.41) is 16.8. The Kier molecular flexibility index (Phi) is 4.89. The minimum Gasteiger partial charge on any atom is -0.481 e. The fraction of sp³-hybridized carbons (Fsp3) is 0.450. The number of carboxylic acids is 1. The molecule has 0 bridgehead atoms. The average Bonchev–Trinajstić information content (AvgIpc) is 3.30. The highest BCUT2D eigenvalue weighted by atomic mass is 19.1. The maximum atomic E-state index is 14.2. The van der Waals surface area contributed by atoms with Crippen LogP contribution in [-0.2, 0) is 22.4 Å². The Morgan fingerprint density at radius 1 is 1.25 bits per heavy atom. The number of fused-ring (bicyclic) bond motifs is 1. The molecule has 2 N–H and O–H groups in total. The molecule has 0 spiro atoms. The van der Waals surface area contributed by atoms with Crippen LogP contribution in [0.25, 0.3) is 5.69 Å². The smallest absolute Gasteiger partial charge is 0.311 e. The maximum absolute atomic E-state index is 14.2. The molecule has 148 valence electrons. The van der Waals surface area contributed by atoms with Crippen molar-refractivity contribution in [1.29, 1.82) is 0 Å². The van der Waals surface area contributed by atoms with Gasteiger partial charge in [0, 0.05) is 31.0 Å². The van der Waals surface area contributed by atoms with E-state index in [9.17, 15) is 19.1 Å². The highest BCUT2D eigenvalue weighted by Crippen LogP contribution is 2.31. The second kappa shape index (κ2) is 7.35. The van der Waals surface area contributed by atoms with Gasteiger partial charge in [0.25, 0.3) is 5.91 Å². The Hall–Kier alpha value is -2.74. The lowest BCUT2D eigenvalue weighted by Crippen LogP contribution is -2.46. The fourth-order valence-electron chi connectivity index (χ4n) is 4.00. The lowest BCUT2D eigenvalue weighted by molar-refractivity contribution is -0.154. The van der Waals surface area contributed by atoms with E-state index in [1.54, 1.807) is 18.2 Å². The van der Waals surface area contributed by atoms with Gasteiger partial charge in [-0.2, -0.15) is 5.10 Å². The number of nitrogens with one attached hydrogen (secondary N) is 1. The van der Waals surface area contributed by atoms with E-state index in [1.807, 2.05) is 0 Å². The van der Waals surface area contributed by atoms with Crippen molar-refractivity contribution in [2.45, 2.75) is 32.1 Å². The molecule has 1 aromatic carbocycles. The summed E-state index contributed by atoms with van der Waals surface area (Å²) in [5.74, 6) is -1.75. The average molecular weight is 387 g/mol. The number of para-hydroxylation sites is 1. The van der Waals surface area contributed by atoms with Crippen LogP contribution in [0.4, 0.5) is 4.39 Å². The Labute approximate surface area is 161 Å². The summed E-state index contributed by atoms with van der Waals surface area (Å²) in [5.41, 5.74) is 1.20. The van der Waals surface area contributed by atoms with E-state index < -0.39 is 23.1 Å². The van der Waals surface area contributed by atoms with Crippen LogP contribution in [0.1, 0.15) is 41.0 Å². The van der Waals surface area contributed by atoms with Crippen molar-refractivity contribution in [2.24, 2.45) is 5.41 Å². The number of hydrogen-bond acceptors (Lipinski definition) is 4. The monoisotopic (exact) mass is 387 g/mol. The Morgan fingerprint density at radius 2 is 2.00 bits per heavy atom. The summed E-state index contributed by atoms with van der Waals surface area (Å²) in [4.78, 5) is 24.6. The van der Waals surface area contributed by atoms with Crippen LogP contribution in [0.15, 0.2) is 24.3 Å². The molecule has 1 fully saturated rings. The molecule has 0 atom stereocenters.